The van der Waals surface area contributed by atoms with E-state index in [-0.39, 0.29) is 4.92 Å². The van der Waals surface area contributed by atoms with Gasteiger partial charge in [-0.3, -0.25) is 10.1 Å². The normalized spacial score (nSPS) is 24.5. The second-order valence-corrected chi connectivity index (χ2v) is 3.50. The molecule has 0 aromatic carbocycles. The molecule has 1 aliphatic rings. The largest absolute Gasteiger partial charge is 0.299 e. The fourth-order valence-corrected chi connectivity index (χ4v) is 1.85. The molecule has 4 heteroatoms. The first-order valence-electron chi connectivity index (χ1n) is 3.25. The molecular weight excluding hydrogens is 150 g/mol. The van der Waals surface area contributed by atoms with E-state index >= 15 is 0 Å². The van der Waals surface area contributed by atoms with E-state index in [2.05, 4.69) is 0 Å². The van der Waals surface area contributed by atoms with E-state index in [4.69, 9.17) is 0 Å². The van der Waals surface area contributed by atoms with Crippen molar-refractivity contribution in [2.24, 2.45) is 0 Å². The molecule has 1 heterocycles. The lowest BCUT2D eigenvalue weighted by Crippen LogP contribution is -1.95. The van der Waals surface area contributed by atoms with Crippen LogP contribution in [0.3, 0.4) is 0 Å². The Bertz CT molecular complexity index is 179. The lowest BCUT2D eigenvalue weighted by molar-refractivity contribution is -0.410. The van der Waals surface area contributed by atoms with E-state index in [1.165, 1.54) is 11.8 Å². The Morgan fingerprint density at radius 1 is 2.00 bits per heavy atom. The third kappa shape index (κ3) is 1.50. The molecule has 56 valence electrons. The predicted molar refractivity (Wildman–Crippen MR) is 41.4 cm³/mol. The standard InChI is InChI=1S/C6H9NO2S/c1-2-5-3-4-6(10-5)7(8)9/h4-5H,2-3H2,1H3. The molecule has 0 fully saturated rings. The van der Waals surface area contributed by atoms with Gasteiger partial charge >= 0.3 is 0 Å². The summed E-state index contributed by atoms with van der Waals surface area (Å²) in [5.74, 6) is 0. The maximum absolute atomic E-state index is 10.2. The lowest BCUT2D eigenvalue weighted by Gasteiger charge is -1.99. The molecule has 3 nitrogen and oxygen atoms in total. The van der Waals surface area contributed by atoms with Crippen LogP contribution in [0.2, 0.25) is 0 Å². The van der Waals surface area contributed by atoms with Gasteiger partial charge in [0.1, 0.15) is 0 Å². The van der Waals surface area contributed by atoms with Crippen molar-refractivity contribution in [1.82, 2.24) is 0 Å². The average molecular weight is 159 g/mol. The number of nitrogens with zero attached hydrogens (tertiary/aromatic N) is 1. The Kier molecular flexibility index (Phi) is 2.32. The average Bonchev–Trinajstić information content (AvgIpc) is 2.34. The van der Waals surface area contributed by atoms with Crippen LogP contribution in [0.5, 0.6) is 0 Å². The maximum Gasteiger partial charge on any atom is 0.299 e. The van der Waals surface area contributed by atoms with Gasteiger partial charge < -0.3 is 0 Å². The topological polar surface area (TPSA) is 43.1 Å². The first-order chi connectivity index (χ1) is 4.74. The minimum atomic E-state index is -0.305. The highest BCUT2D eigenvalue weighted by atomic mass is 32.2. The van der Waals surface area contributed by atoms with Gasteiger partial charge in [-0.2, -0.15) is 0 Å². The molecule has 0 bridgehead atoms. The molecule has 1 unspecified atom stereocenters. The minimum Gasteiger partial charge on any atom is -0.258 e. The summed E-state index contributed by atoms with van der Waals surface area (Å²) in [4.78, 5) is 9.87. The molecule has 1 rings (SSSR count). The monoisotopic (exact) mass is 159 g/mol. The Balaban J connectivity index is 2.47. The number of nitro groups is 1. The van der Waals surface area contributed by atoms with Gasteiger partial charge in [-0.1, -0.05) is 6.92 Å². The Hall–Kier alpha value is -0.510. The number of hydrogen-bond donors (Lipinski definition) is 0. The van der Waals surface area contributed by atoms with Gasteiger partial charge in [-0.05, 0) is 24.6 Å². The molecule has 0 aromatic heterocycles. The molecule has 1 aliphatic heterocycles. The second kappa shape index (κ2) is 3.05. The predicted octanol–water partition coefficient (Wildman–Crippen LogP) is 2.02. The number of thioether (sulfide) groups is 1. The van der Waals surface area contributed by atoms with Crippen LogP contribution in [0, 0.1) is 10.1 Å². The van der Waals surface area contributed by atoms with E-state index in [0.29, 0.717) is 10.3 Å². The van der Waals surface area contributed by atoms with Gasteiger partial charge in [0, 0.05) is 11.3 Å². The van der Waals surface area contributed by atoms with Crippen LogP contribution in [-0.2, 0) is 0 Å². The fourth-order valence-electron chi connectivity index (χ4n) is 0.867. The first kappa shape index (κ1) is 7.60. The number of rotatable bonds is 2. The molecule has 10 heavy (non-hydrogen) atoms. The molecule has 0 aliphatic carbocycles. The van der Waals surface area contributed by atoms with Crippen molar-refractivity contribution in [3.05, 3.63) is 21.2 Å². The van der Waals surface area contributed by atoms with Crippen molar-refractivity contribution in [3.8, 4) is 0 Å². The summed E-state index contributed by atoms with van der Waals surface area (Å²) in [5, 5.41) is 11.0. The van der Waals surface area contributed by atoms with Crippen molar-refractivity contribution in [1.29, 1.82) is 0 Å². The van der Waals surface area contributed by atoms with Crippen LogP contribution in [0.15, 0.2) is 11.1 Å². The van der Waals surface area contributed by atoms with Crippen molar-refractivity contribution < 1.29 is 4.92 Å². The molecule has 0 saturated carbocycles. The van der Waals surface area contributed by atoms with Gasteiger partial charge in [0.15, 0.2) is 0 Å². The lowest BCUT2D eigenvalue weighted by atomic mass is 10.2. The number of hydrogen-bond acceptors (Lipinski definition) is 3. The van der Waals surface area contributed by atoms with E-state index in [9.17, 15) is 10.1 Å². The molecule has 0 aromatic rings. The summed E-state index contributed by atoms with van der Waals surface area (Å²) in [6.07, 6.45) is 3.58. The van der Waals surface area contributed by atoms with Gasteiger partial charge in [-0.25, -0.2) is 0 Å². The molecule has 1 atom stereocenters. The third-order valence-electron chi connectivity index (χ3n) is 1.48. The number of allylic oxidation sites excluding steroid dienone is 1. The van der Waals surface area contributed by atoms with Crippen molar-refractivity contribution in [3.63, 3.8) is 0 Å². The highest BCUT2D eigenvalue weighted by Gasteiger charge is 2.23. The van der Waals surface area contributed by atoms with Crippen molar-refractivity contribution >= 4 is 11.8 Å². The molecule has 0 radical (unpaired) electrons. The summed E-state index contributed by atoms with van der Waals surface area (Å²) in [5.41, 5.74) is 0. The van der Waals surface area contributed by atoms with Gasteiger partial charge in [0.05, 0.1) is 4.92 Å². The van der Waals surface area contributed by atoms with Crippen LogP contribution in [0.25, 0.3) is 0 Å². The first-order valence-corrected chi connectivity index (χ1v) is 4.13. The molecule has 0 saturated heterocycles. The quantitative estimate of drug-likeness (QED) is 0.457. The van der Waals surface area contributed by atoms with Gasteiger partial charge in [0.2, 0.25) is 0 Å². The summed E-state index contributed by atoms with van der Waals surface area (Å²) < 4.78 is 0. The van der Waals surface area contributed by atoms with Gasteiger partial charge in [-0.15, -0.1) is 0 Å². The minimum absolute atomic E-state index is 0.305. The maximum atomic E-state index is 10.2. The molecule has 0 spiro atoms. The Labute approximate surface area is 63.6 Å². The second-order valence-electron chi connectivity index (χ2n) is 2.18. The Morgan fingerprint density at radius 3 is 3.00 bits per heavy atom. The SMILES string of the molecule is CCC1CC=C([N+](=O)[O-])S1. The van der Waals surface area contributed by atoms with Crippen LogP contribution < -0.4 is 0 Å². The van der Waals surface area contributed by atoms with Crippen LogP contribution in [0.4, 0.5) is 0 Å². The molecular formula is C6H9NO2S. The summed E-state index contributed by atoms with van der Waals surface area (Å²) >= 11 is 1.38. The van der Waals surface area contributed by atoms with Gasteiger partial charge in [0.25, 0.3) is 5.03 Å². The van der Waals surface area contributed by atoms with Crippen LogP contribution in [0.1, 0.15) is 19.8 Å². The zero-order chi connectivity index (χ0) is 7.56. The fraction of sp³-hybridized carbons (Fsp3) is 0.667. The van der Waals surface area contributed by atoms with E-state index in [1.54, 1.807) is 6.08 Å². The summed E-state index contributed by atoms with van der Waals surface area (Å²) in [6.45, 7) is 2.05. The summed E-state index contributed by atoms with van der Waals surface area (Å²) in [6, 6.07) is 0. The zero-order valence-electron chi connectivity index (χ0n) is 5.74. The van der Waals surface area contributed by atoms with E-state index in [0.717, 1.165) is 12.8 Å². The third-order valence-corrected chi connectivity index (χ3v) is 2.89. The summed E-state index contributed by atoms with van der Waals surface area (Å²) in [7, 11) is 0. The van der Waals surface area contributed by atoms with E-state index in [1.807, 2.05) is 6.92 Å². The molecule has 0 N–H and O–H groups in total. The highest BCUT2D eigenvalue weighted by Crippen LogP contribution is 2.33. The Morgan fingerprint density at radius 2 is 2.70 bits per heavy atom. The smallest absolute Gasteiger partial charge is 0.258 e. The molecule has 0 amide bonds. The van der Waals surface area contributed by atoms with Crippen LogP contribution in [-0.4, -0.2) is 10.2 Å². The van der Waals surface area contributed by atoms with Crippen LogP contribution >= 0.6 is 11.8 Å². The van der Waals surface area contributed by atoms with E-state index < -0.39 is 0 Å². The van der Waals surface area contributed by atoms with Crippen molar-refractivity contribution in [2.75, 3.05) is 0 Å². The highest BCUT2D eigenvalue weighted by molar-refractivity contribution is 8.03. The van der Waals surface area contributed by atoms with Crippen molar-refractivity contribution in [2.45, 2.75) is 25.0 Å². The zero-order valence-corrected chi connectivity index (χ0v) is 6.56.